The summed E-state index contributed by atoms with van der Waals surface area (Å²) in [7, 11) is 0. The number of hydrogen-bond acceptors (Lipinski definition) is 5. The number of amides is 1. The van der Waals surface area contributed by atoms with Gasteiger partial charge in [-0.1, -0.05) is 0 Å². The molecule has 3 rings (SSSR count). The van der Waals surface area contributed by atoms with E-state index in [1.54, 1.807) is 0 Å². The topological polar surface area (TPSA) is 66.7 Å². The maximum absolute atomic E-state index is 13.2. The van der Waals surface area contributed by atoms with Crippen LogP contribution < -0.4 is 10.6 Å². The highest BCUT2D eigenvalue weighted by Gasteiger charge is 2.42. The molecule has 0 bridgehead atoms. The van der Waals surface area contributed by atoms with Crippen LogP contribution in [0.1, 0.15) is 24.0 Å². The number of hydrogen-bond donors (Lipinski definition) is 2. The first kappa shape index (κ1) is 23.1. The molecule has 1 aromatic heterocycles. The lowest BCUT2D eigenvalue weighted by atomic mass is 10.1. The second-order valence-corrected chi connectivity index (χ2v) is 6.35. The third-order valence-electron chi connectivity index (χ3n) is 4.47. The van der Waals surface area contributed by atoms with E-state index in [1.807, 2.05) is 19.1 Å². The molecule has 2 saturated heterocycles. The van der Waals surface area contributed by atoms with Crippen molar-refractivity contribution in [2.45, 2.75) is 31.4 Å². The molecule has 3 heterocycles. The molecule has 6 nitrogen and oxygen atoms in total. The van der Waals surface area contributed by atoms with Crippen LogP contribution in [-0.2, 0) is 9.53 Å². The van der Waals surface area contributed by atoms with Crippen molar-refractivity contribution in [3.8, 4) is 0 Å². The van der Waals surface area contributed by atoms with Crippen molar-refractivity contribution in [1.29, 1.82) is 0 Å². The van der Waals surface area contributed by atoms with E-state index in [0.717, 1.165) is 24.6 Å². The quantitative estimate of drug-likeness (QED) is 0.768. The molecule has 150 valence electrons. The Morgan fingerprint density at radius 1 is 1.38 bits per heavy atom. The molecule has 1 amide bonds. The molecule has 2 fully saturated rings. The zero-order valence-corrected chi connectivity index (χ0v) is 16.1. The molecule has 2 N–H and O–H groups in total. The summed E-state index contributed by atoms with van der Waals surface area (Å²) in [5.41, 5.74) is 0. The zero-order chi connectivity index (χ0) is 17.2. The second-order valence-electron chi connectivity index (χ2n) is 6.35. The van der Waals surface area contributed by atoms with Crippen LogP contribution in [0.2, 0.25) is 0 Å². The van der Waals surface area contributed by atoms with Crippen LogP contribution in [0.5, 0.6) is 0 Å². The number of nitrogens with one attached hydrogen (secondary N) is 2. The molecule has 2 atom stereocenters. The summed E-state index contributed by atoms with van der Waals surface area (Å²) in [6.07, 6.45) is -0.457. The smallest absolute Gasteiger partial charge is 0.262 e. The van der Waals surface area contributed by atoms with Crippen molar-refractivity contribution in [1.82, 2.24) is 15.5 Å². The third kappa shape index (κ3) is 5.79. The highest BCUT2D eigenvalue weighted by molar-refractivity contribution is 5.85. The van der Waals surface area contributed by atoms with Gasteiger partial charge in [0, 0.05) is 26.1 Å². The van der Waals surface area contributed by atoms with Crippen molar-refractivity contribution in [3.63, 3.8) is 0 Å². The van der Waals surface area contributed by atoms with E-state index in [1.165, 1.54) is 0 Å². The lowest BCUT2D eigenvalue weighted by Crippen LogP contribution is -2.47. The maximum Gasteiger partial charge on any atom is 0.262 e. The number of halogens is 4. The molecule has 1 aromatic rings. The standard InChI is InChI=1S/C16H23F2N3O3.2ClH/c1-11-2-3-14(24-11)13(21-4-6-23-7-5-21)9-19-15(22)12-8-16(17,18)10-20-12;;/h2-3,12-13,20H,4-10H2,1H3,(H,19,22);2*1H. The summed E-state index contributed by atoms with van der Waals surface area (Å²) in [5, 5.41) is 5.36. The van der Waals surface area contributed by atoms with Crippen LogP contribution in [0.3, 0.4) is 0 Å². The Labute approximate surface area is 163 Å². The minimum Gasteiger partial charge on any atom is -0.465 e. The SMILES string of the molecule is Cc1ccc(C(CNC(=O)C2CC(F)(F)CN2)N2CCOCC2)o1.Cl.Cl. The molecule has 0 aliphatic carbocycles. The number of rotatable bonds is 5. The van der Waals surface area contributed by atoms with E-state index < -0.39 is 30.8 Å². The number of morpholine rings is 1. The Morgan fingerprint density at radius 2 is 2.08 bits per heavy atom. The fourth-order valence-electron chi connectivity index (χ4n) is 3.15. The Bertz CT molecular complexity index is 583. The molecule has 10 heteroatoms. The fraction of sp³-hybridized carbons (Fsp3) is 0.688. The molecule has 0 aromatic carbocycles. The number of alkyl halides is 2. The average molecular weight is 416 g/mol. The summed E-state index contributed by atoms with van der Waals surface area (Å²) in [5.74, 6) is -1.65. The van der Waals surface area contributed by atoms with Gasteiger partial charge >= 0.3 is 0 Å². The summed E-state index contributed by atoms with van der Waals surface area (Å²) < 4.78 is 37.6. The molecule has 0 spiro atoms. The molecule has 2 aliphatic heterocycles. The second kappa shape index (κ2) is 9.85. The minimum atomic E-state index is -2.82. The molecule has 0 saturated carbocycles. The fourth-order valence-corrected chi connectivity index (χ4v) is 3.15. The van der Waals surface area contributed by atoms with Crippen LogP contribution in [0.4, 0.5) is 8.78 Å². The summed E-state index contributed by atoms with van der Waals surface area (Å²) >= 11 is 0. The van der Waals surface area contributed by atoms with E-state index >= 15 is 0 Å². The highest BCUT2D eigenvalue weighted by Crippen LogP contribution is 2.26. The van der Waals surface area contributed by atoms with Crippen LogP contribution in [0.15, 0.2) is 16.5 Å². The Morgan fingerprint density at radius 3 is 2.62 bits per heavy atom. The van der Waals surface area contributed by atoms with Crippen molar-refractivity contribution >= 4 is 30.7 Å². The van der Waals surface area contributed by atoms with Crippen molar-refractivity contribution in [3.05, 3.63) is 23.7 Å². The van der Waals surface area contributed by atoms with Crippen LogP contribution >= 0.6 is 24.8 Å². The van der Waals surface area contributed by atoms with Crippen LogP contribution in [0.25, 0.3) is 0 Å². The van der Waals surface area contributed by atoms with Gasteiger partial charge in [0.15, 0.2) is 0 Å². The zero-order valence-electron chi connectivity index (χ0n) is 14.5. The molecular formula is C16H25Cl2F2N3O3. The van der Waals surface area contributed by atoms with Crippen molar-refractivity contribution < 1.29 is 22.7 Å². The Kier molecular flexibility index (Phi) is 8.75. The number of ether oxygens (including phenoxy) is 1. The average Bonchev–Trinajstić information content (AvgIpc) is 3.14. The lowest BCUT2D eigenvalue weighted by molar-refractivity contribution is -0.123. The van der Waals surface area contributed by atoms with Gasteiger partial charge in [0.25, 0.3) is 5.92 Å². The minimum absolute atomic E-state index is 0. The molecule has 2 unspecified atom stereocenters. The predicted molar refractivity (Wildman–Crippen MR) is 97.4 cm³/mol. The van der Waals surface area contributed by atoms with E-state index in [-0.39, 0.29) is 30.9 Å². The number of nitrogens with zero attached hydrogens (tertiary/aromatic N) is 1. The normalized spacial score (nSPS) is 23.6. The van der Waals surface area contributed by atoms with Crippen molar-refractivity contribution in [2.75, 3.05) is 39.4 Å². The first-order valence-corrected chi connectivity index (χ1v) is 8.22. The largest absolute Gasteiger partial charge is 0.465 e. The van der Waals surface area contributed by atoms with E-state index in [9.17, 15) is 13.6 Å². The van der Waals surface area contributed by atoms with Gasteiger partial charge in [0.05, 0.1) is 31.8 Å². The molecule has 0 radical (unpaired) electrons. The van der Waals surface area contributed by atoms with E-state index in [0.29, 0.717) is 19.8 Å². The third-order valence-corrected chi connectivity index (χ3v) is 4.47. The Balaban J connectivity index is 0.00000169. The number of carbonyl (C=O) groups is 1. The van der Waals surface area contributed by atoms with Gasteiger partial charge in [-0.25, -0.2) is 8.78 Å². The Hall–Kier alpha value is -0.930. The molecule has 26 heavy (non-hydrogen) atoms. The van der Waals surface area contributed by atoms with Gasteiger partial charge in [-0.15, -0.1) is 24.8 Å². The number of carbonyl (C=O) groups excluding carboxylic acids is 1. The van der Waals surface area contributed by atoms with Gasteiger partial charge in [-0.2, -0.15) is 0 Å². The summed E-state index contributed by atoms with van der Waals surface area (Å²) in [4.78, 5) is 14.4. The van der Waals surface area contributed by atoms with Gasteiger partial charge in [-0.05, 0) is 19.1 Å². The van der Waals surface area contributed by atoms with Gasteiger partial charge in [0.1, 0.15) is 11.5 Å². The summed E-state index contributed by atoms with van der Waals surface area (Å²) in [6, 6.07) is 2.80. The highest BCUT2D eigenvalue weighted by atomic mass is 35.5. The van der Waals surface area contributed by atoms with Crippen molar-refractivity contribution in [2.24, 2.45) is 0 Å². The molecular weight excluding hydrogens is 391 g/mol. The summed E-state index contributed by atoms with van der Waals surface area (Å²) in [6.45, 7) is 4.45. The predicted octanol–water partition coefficient (Wildman–Crippen LogP) is 1.92. The first-order chi connectivity index (χ1) is 11.4. The number of furan rings is 1. The van der Waals surface area contributed by atoms with Crippen LogP contribution in [-0.4, -0.2) is 62.2 Å². The van der Waals surface area contributed by atoms with E-state index in [2.05, 4.69) is 15.5 Å². The maximum atomic E-state index is 13.2. The van der Waals surface area contributed by atoms with Gasteiger partial charge in [-0.3, -0.25) is 15.0 Å². The van der Waals surface area contributed by atoms with Gasteiger partial charge in [0.2, 0.25) is 5.91 Å². The van der Waals surface area contributed by atoms with E-state index in [4.69, 9.17) is 9.15 Å². The van der Waals surface area contributed by atoms with Gasteiger partial charge < -0.3 is 14.5 Å². The lowest BCUT2D eigenvalue weighted by Gasteiger charge is -2.33. The monoisotopic (exact) mass is 415 g/mol. The first-order valence-electron chi connectivity index (χ1n) is 8.22. The number of aryl methyl sites for hydroxylation is 1. The van der Waals surface area contributed by atoms with Crippen LogP contribution in [0, 0.1) is 6.92 Å². The molecule has 2 aliphatic rings.